The highest BCUT2D eigenvalue weighted by Crippen LogP contribution is 2.46. The van der Waals surface area contributed by atoms with Crippen LogP contribution in [-0.2, 0) is 27.8 Å². The Bertz CT molecular complexity index is 926. The van der Waals surface area contributed by atoms with Gasteiger partial charge in [0.15, 0.2) is 0 Å². The molecule has 1 aromatic heterocycles. The fourth-order valence-corrected chi connectivity index (χ4v) is 6.28. The number of thiophene rings is 1. The Kier molecular flexibility index (Phi) is 7.49. The maximum absolute atomic E-state index is 11.7. The third-order valence-corrected chi connectivity index (χ3v) is 8.01. The summed E-state index contributed by atoms with van der Waals surface area (Å²) in [5, 5.41) is 0. The summed E-state index contributed by atoms with van der Waals surface area (Å²) < 4.78 is 5.04. The molecule has 1 aromatic carbocycles. The molecule has 2 heterocycles. The molecule has 0 amide bonds. The van der Waals surface area contributed by atoms with E-state index in [-0.39, 0.29) is 5.97 Å². The molecule has 2 aromatic rings. The molecule has 1 aliphatic rings. The van der Waals surface area contributed by atoms with Crippen molar-refractivity contribution in [3.05, 3.63) is 50.7 Å². The van der Waals surface area contributed by atoms with E-state index in [1.54, 1.807) is 11.3 Å². The quantitative estimate of drug-likeness (QED) is 0.396. The van der Waals surface area contributed by atoms with Crippen LogP contribution in [0.5, 0.6) is 0 Å². The summed E-state index contributed by atoms with van der Waals surface area (Å²) >= 11 is 3.58. The Hall–Kier alpha value is -1.70. The van der Waals surface area contributed by atoms with Crippen LogP contribution in [0.3, 0.4) is 0 Å². The molecule has 0 atom stereocenters. The first-order valence-corrected chi connectivity index (χ1v) is 12.4. The van der Waals surface area contributed by atoms with Crippen LogP contribution in [-0.4, -0.2) is 18.3 Å². The number of benzene rings is 1. The lowest BCUT2D eigenvalue weighted by molar-refractivity contribution is -0.142. The summed E-state index contributed by atoms with van der Waals surface area (Å²) in [6.07, 6.45) is 4.92. The molecule has 0 unspecified atom stereocenters. The highest BCUT2D eigenvalue weighted by molar-refractivity contribution is 7.99. The van der Waals surface area contributed by atoms with Gasteiger partial charge >= 0.3 is 5.97 Å². The molecule has 0 fully saturated rings. The van der Waals surface area contributed by atoms with Crippen molar-refractivity contribution in [2.75, 3.05) is 12.4 Å². The van der Waals surface area contributed by atoms with Crippen LogP contribution in [0, 0.1) is 11.8 Å². The number of thioether (sulfide) groups is 1. The summed E-state index contributed by atoms with van der Waals surface area (Å²) in [5.41, 5.74) is 4.27. The number of fused-ring (bicyclic) bond motifs is 1. The molecule has 0 saturated heterocycles. The molecule has 2 nitrogen and oxygen atoms in total. The van der Waals surface area contributed by atoms with E-state index in [9.17, 15) is 4.79 Å². The van der Waals surface area contributed by atoms with Crippen molar-refractivity contribution in [2.24, 2.45) is 0 Å². The number of ether oxygens (including phenoxy) is 1. The lowest BCUT2D eigenvalue weighted by atomic mass is 9.72. The summed E-state index contributed by atoms with van der Waals surface area (Å²) in [5.74, 6) is 7.82. The van der Waals surface area contributed by atoms with Crippen molar-refractivity contribution in [3.8, 4) is 11.8 Å². The van der Waals surface area contributed by atoms with Crippen LogP contribution < -0.4 is 0 Å². The molecule has 0 N–H and O–H groups in total. The van der Waals surface area contributed by atoms with Gasteiger partial charge < -0.3 is 4.74 Å². The van der Waals surface area contributed by atoms with Crippen LogP contribution in [0.25, 0.3) is 0 Å². The number of carbonyl (C=O) groups excluding carboxylic acids is 1. The number of carbonyl (C=O) groups is 1. The lowest BCUT2D eigenvalue weighted by Gasteiger charge is -2.38. The zero-order chi connectivity index (χ0) is 20.9. The minimum Gasteiger partial charge on any atom is -0.466 e. The van der Waals surface area contributed by atoms with E-state index in [4.69, 9.17) is 4.74 Å². The van der Waals surface area contributed by atoms with Crippen molar-refractivity contribution in [1.29, 1.82) is 0 Å². The van der Waals surface area contributed by atoms with Crippen LogP contribution in [0.2, 0.25) is 0 Å². The third kappa shape index (κ3) is 4.90. The van der Waals surface area contributed by atoms with E-state index in [0.717, 1.165) is 21.7 Å². The van der Waals surface area contributed by atoms with Crippen LogP contribution in [0.4, 0.5) is 0 Å². The van der Waals surface area contributed by atoms with E-state index >= 15 is 0 Å². The number of esters is 1. The monoisotopic (exact) mass is 426 g/mol. The zero-order valence-electron chi connectivity index (χ0n) is 17.9. The van der Waals surface area contributed by atoms with Crippen LogP contribution in [0.1, 0.15) is 73.4 Å². The van der Waals surface area contributed by atoms with Gasteiger partial charge in [-0.3, -0.25) is 4.79 Å². The minimum atomic E-state index is -0.176. The predicted molar refractivity (Wildman–Crippen MR) is 124 cm³/mol. The van der Waals surface area contributed by atoms with Crippen molar-refractivity contribution < 1.29 is 9.53 Å². The maximum Gasteiger partial charge on any atom is 0.311 e. The minimum absolute atomic E-state index is 0.176. The highest BCUT2D eigenvalue weighted by atomic mass is 32.2. The van der Waals surface area contributed by atoms with Crippen LogP contribution in [0.15, 0.2) is 29.2 Å². The van der Waals surface area contributed by atoms with Gasteiger partial charge in [-0.25, -0.2) is 0 Å². The SMILES string of the molecule is CCOC(=O)Cc1ccc(C#Cc2cc3c(cc2CC)SCCC3(CC)CC)s1. The smallest absolute Gasteiger partial charge is 0.311 e. The zero-order valence-corrected chi connectivity index (χ0v) is 19.5. The third-order valence-electron chi connectivity index (χ3n) is 5.96. The first kappa shape index (κ1) is 22.0. The average molecular weight is 427 g/mol. The normalized spacial score (nSPS) is 14.6. The van der Waals surface area contributed by atoms with Gasteiger partial charge in [0.25, 0.3) is 0 Å². The molecular formula is C25H30O2S2. The van der Waals surface area contributed by atoms with Crippen LogP contribution >= 0.6 is 23.1 Å². The predicted octanol–water partition coefficient (Wildman–Crippen LogP) is 6.37. The van der Waals surface area contributed by atoms with Gasteiger partial charge in [-0.05, 0) is 79.2 Å². The topological polar surface area (TPSA) is 26.3 Å². The number of hydrogen-bond acceptors (Lipinski definition) is 4. The first-order valence-electron chi connectivity index (χ1n) is 10.6. The van der Waals surface area contributed by atoms with E-state index in [0.29, 0.717) is 18.4 Å². The van der Waals surface area contributed by atoms with E-state index in [2.05, 4.69) is 44.7 Å². The van der Waals surface area contributed by atoms with E-state index in [1.165, 1.54) is 41.0 Å². The molecule has 1 aliphatic heterocycles. The Morgan fingerprint density at radius 2 is 1.93 bits per heavy atom. The Labute approximate surface area is 183 Å². The highest BCUT2D eigenvalue weighted by Gasteiger charge is 2.34. The van der Waals surface area contributed by atoms with Gasteiger partial charge in [-0.2, -0.15) is 0 Å². The molecule has 154 valence electrons. The molecule has 0 radical (unpaired) electrons. The second-order valence-corrected chi connectivity index (χ2v) is 9.75. The van der Waals surface area contributed by atoms with Crippen molar-refractivity contribution in [3.63, 3.8) is 0 Å². The summed E-state index contributed by atoms with van der Waals surface area (Å²) in [7, 11) is 0. The van der Waals surface area contributed by atoms with Crippen molar-refractivity contribution >= 4 is 29.1 Å². The number of hydrogen-bond donors (Lipinski definition) is 0. The second-order valence-electron chi connectivity index (χ2n) is 7.44. The van der Waals surface area contributed by atoms with Gasteiger partial charge in [0.05, 0.1) is 17.9 Å². The van der Waals surface area contributed by atoms with Crippen molar-refractivity contribution in [2.45, 2.75) is 70.1 Å². The van der Waals surface area contributed by atoms with E-state index < -0.39 is 0 Å². The number of rotatable bonds is 6. The summed E-state index contributed by atoms with van der Waals surface area (Å²) in [6.45, 7) is 9.09. The lowest BCUT2D eigenvalue weighted by Crippen LogP contribution is -2.29. The Balaban J connectivity index is 1.91. The van der Waals surface area contributed by atoms with Gasteiger partial charge in [-0.1, -0.05) is 32.6 Å². The van der Waals surface area contributed by atoms with Gasteiger partial charge in [0.1, 0.15) is 0 Å². The molecule has 3 rings (SSSR count). The average Bonchev–Trinajstić information content (AvgIpc) is 3.18. The maximum atomic E-state index is 11.7. The molecule has 0 spiro atoms. The molecular weight excluding hydrogens is 396 g/mol. The summed E-state index contributed by atoms with van der Waals surface area (Å²) in [4.78, 5) is 15.1. The molecule has 0 aliphatic carbocycles. The molecule has 4 heteroatoms. The fourth-order valence-electron chi connectivity index (χ4n) is 4.06. The van der Waals surface area contributed by atoms with Gasteiger partial charge in [0, 0.05) is 15.3 Å². The Morgan fingerprint density at radius 3 is 2.62 bits per heavy atom. The molecule has 0 saturated carbocycles. The molecule has 29 heavy (non-hydrogen) atoms. The van der Waals surface area contributed by atoms with Crippen molar-refractivity contribution in [1.82, 2.24) is 0 Å². The summed E-state index contributed by atoms with van der Waals surface area (Å²) in [6, 6.07) is 8.74. The fraction of sp³-hybridized carbons (Fsp3) is 0.480. The Morgan fingerprint density at radius 1 is 1.14 bits per heavy atom. The second kappa shape index (κ2) is 9.87. The molecule has 0 bridgehead atoms. The van der Waals surface area contributed by atoms with Gasteiger partial charge in [-0.15, -0.1) is 23.1 Å². The number of aryl methyl sites for hydroxylation is 1. The largest absolute Gasteiger partial charge is 0.466 e. The first-order chi connectivity index (χ1) is 14.0. The standard InChI is InChI=1S/C25H30O2S2/c1-5-18-16-23-22(25(6-2,7-3)13-14-28-23)15-19(18)9-10-20-11-12-21(29-20)17-24(26)27-8-4/h11-12,15-16H,5-8,13-14,17H2,1-4H3. The van der Waals surface area contributed by atoms with Gasteiger partial charge in [0.2, 0.25) is 0 Å². The van der Waals surface area contributed by atoms with E-state index in [1.807, 2.05) is 30.8 Å².